The molecule has 6 aromatic rings. The fourth-order valence-electron chi connectivity index (χ4n) is 7.49. The Hall–Kier alpha value is -7.61. The quantitative estimate of drug-likeness (QED) is 0.0313. The molecule has 0 saturated heterocycles. The van der Waals surface area contributed by atoms with Gasteiger partial charge in [0.05, 0.1) is 58.9 Å². The third kappa shape index (κ3) is 14.0. The smallest absolute Gasteiger partial charge is 0.410 e. The first kappa shape index (κ1) is 57.7. The largest absolute Gasteiger partial charge is 0.495 e. The summed E-state index contributed by atoms with van der Waals surface area (Å²) in [5.74, 6) is -0.242. The van der Waals surface area contributed by atoms with Gasteiger partial charge in [-0.15, -0.1) is 0 Å². The van der Waals surface area contributed by atoms with Crippen LogP contribution in [0, 0.1) is 13.8 Å². The van der Waals surface area contributed by atoms with Crippen molar-refractivity contribution in [3.05, 3.63) is 88.1 Å². The minimum absolute atomic E-state index is 0.149. The number of ether oxygens (including phenoxy) is 3. The number of carbonyl (C=O) groups is 4. The lowest BCUT2D eigenvalue weighted by atomic mass is 10.1. The van der Waals surface area contributed by atoms with Crippen LogP contribution in [0.15, 0.2) is 48.6 Å². The van der Waals surface area contributed by atoms with Crippen molar-refractivity contribution in [1.29, 1.82) is 0 Å². The van der Waals surface area contributed by atoms with Crippen molar-refractivity contribution in [3.63, 3.8) is 0 Å². The minimum Gasteiger partial charge on any atom is -0.495 e. The highest BCUT2D eigenvalue weighted by atomic mass is 16.6. The van der Waals surface area contributed by atoms with Gasteiger partial charge in [-0.3, -0.25) is 29.1 Å². The number of nitrogens with two attached hydrogens (primary N) is 4. The monoisotopic (exact) mass is 982 g/mol. The highest BCUT2D eigenvalue weighted by Gasteiger charge is 2.24. The lowest BCUT2D eigenvalue weighted by molar-refractivity contribution is 0.0291. The molecule has 0 unspecified atom stereocenters. The fraction of sp³-hybridized carbons (Fsp3) is 0.431. The molecule has 0 aliphatic rings. The van der Waals surface area contributed by atoms with Gasteiger partial charge in [-0.25, -0.2) is 9.78 Å². The van der Waals surface area contributed by atoms with Crippen LogP contribution < -0.4 is 37.7 Å². The number of hydrogen-bond donors (Lipinski definition) is 5. The summed E-state index contributed by atoms with van der Waals surface area (Å²) in [5, 5.41) is 12.5. The van der Waals surface area contributed by atoms with Crippen LogP contribution in [-0.4, -0.2) is 103 Å². The van der Waals surface area contributed by atoms with Crippen molar-refractivity contribution in [3.8, 4) is 11.5 Å². The molecule has 0 radical (unpaired) electrons. The Labute approximate surface area is 416 Å². The number of fused-ring (bicyclic) bond motifs is 2. The Morgan fingerprint density at radius 1 is 0.831 bits per heavy atom. The molecule has 386 valence electrons. The number of aryl methyl sites for hydroxylation is 4. The number of aldehydes is 1. The lowest BCUT2D eigenvalue weighted by Crippen LogP contribution is -2.35. The Bertz CT molecular complexity index is 2840. The zero-order chi connectivity index (χ0) is 53.3. The molecule has 0 atom stereocenters. The Kier molecular flexibility index (Phi) is 21.5. The van der Waals surface area contributed by atoms with Crippen LogP contribution in [0.2, 0.25) is 0 Å². The molecule has 0 aliphatic carbocycles. The molecule has 0 spiro atoms. The van der Waals surface area contributed by atoms with E-state index in [0.29, 0.717) is 87.8 Å². The fourth-order valence-corrected chi connectivity index (χ4v) is 7.49. The van der Waals surface area contributed by atoms with Gasteiger partial charge in [-0.05, 0) is 104 Å². The highest BCUT2D eigenvalue weighted by molar-refractivity contribution is 6.05. The number of imidazole rings is 1. The van der Waals surface area contributed by atoms with E-state index in [9.17, 15) is 19.2 Å². The molecular formula is C51H75N13O7. The second kappa shape index (κ2) is 26.4. The number of hydrogen-bond acceptors (Lipinski definition) is 13. The summed E-state index contributed by atoms with van der Waals surface area (Å²) in [6.07, 6.45) is 6.28. The van der Waals surface area contributed by atoms with E-state index >= 15 is 0 Å². The Morgan fingerprint density at radius 2 is 1.42 bits per heavy atom. The molecule has 20 nitrogen and oxygen atoms in total. The number of nitrogen functional groups attached to an aromatic ring is 1. The van der Waals surface area contributed by atoms with Gasteiger partial charge in [0.25, 0.3) is 5.91 Å². The van der Waals surface area contributed by atoms with Crippen LogP contribution in [0.1, 0.15) is 123 Å². The first-order valence-electron chi connectivity index (χ1n) is 23.8. The summed E-state index contributed by atoms with van der Waals surface area (Å²) in [5.41, 5.74) is 29.2. The van der Waals surface area contributed by atoms with Crippen LogP contribution in [0.25, 0.3) is 33.7 Å². The molecular weight excluding hydrogens is 907 g/mol. The second-order valence-corrected chi connectivity index (χ2v) is 16.5. The number of carbonyl (C=O) groups excluding carboxylic acids is 4. The van der Waals surface area contributed by atoms with Crippen LogP contribution in [0.5, 0.6) is 11.5 Å². The highest BCUT2D eigenvalue weighted by Crippen LogP contribution is 2.38. The van der Waals surface area contributed by atoms with Crippen molar-refractivity contribution < 1.29 is 33.4 Å². The SMILES string of the molecule is CC.CC.CCn1nc(C)cc1C(=O)Nc1nc2cc(C(N)=O)cc(OCCCN(C)C(=O)OC(C)(C)C)c2n1C/C=C/Cn1c(/C=C(\N)c2cc(C)nn2CC)c(N)c2cc(C=O)cc(OC)c21.CN. The van der Waals surface area contributed by atoms with Crippen LogP contribution in [-0.2, 0) is 30.9 Å². The summed E-state index contributed by atoms with van der Waals surface area (Å²) in [4.78, 5) is 57.3. The number of benzene rings is 2. The van der Waals surface area contributed by atoms with Gasteiger partial charge in [0.2, 0.25) is 11.9 Å². The first-order chi connectivity index (χ1) is 33.9. The van der Waals surface area contributed by atoms with E-state index in [0.717, 1.165) is 17.7 Å². The van der Waals surface area contributed by atoms with Gasteiger partial charge < -0.3 is 51.2 Å². The predicted molar refractivity (Wildman–Crippen MR) is 283 cm³/mol. The summed E-state index contributed by atoms with van der Waals surface area (Å²) < 4.78 is 24.7. The number of nitrogens with one attached hydrogen (secondary N) is 1. The maximum atomic E-state index is 13.9. The first-order valence-corrected chi connectivity index (χ1v) is 23.8. The van der Waals surface area contributed by atoms with E-state index in [1.807, 2.05) is 75.9 Å². The van der Waals surface area contributed by atoms with Gasteiger partial charge in [-0.1, -0.05) is 39.8 Å². The maximum absolute atomic E-state index is 13.9. The van der Waals surface area contributed by atoms with Crippen LogP contribution >= 0.6 is 0 Å². The molecule has 4 aromatic heterocycles. The molecule has 20 heteroatoms. The summed E-state index contributed by atoms with van der Waals surface area (Å²) in [6.45, 7) is 22.9. The Balaban J connectivity index is 0.00000214. The van der Waals surface area contributed by atoms with Crippen molar-refractivity contribution >= 4 is 69.5 Å². The normalized spacial score (nSPS) is 11.3. The third-order valence-corrected chi connectivity index (χ3v) is 10.5. The number of primary amides is 1. The van der Waals surface area contributed by atoms with E-state index in [1.54, 1.807) is 74.3 Å². The number of nitrogens with zero attached hydrogens (tertiary/aromatic N) is 8. The number of aromatic nitrogens is 7. The summed E-state index contributed by atoms with van der Waals surface area (Å²) >= 11 is 0. The number of amides is 3. The van der Waals surface area contributed by atoms with E-state index in [2.05, 4.69) is 21.2 Å². The van der Waals surface area contributed by atoms with Crippen LogP contribution in [0.3, 0.4) is 0 Å². The molecule has 9 N–H and O–H groups in total. The summed E-state index contributed by atoms with van der Waals surface area (Å²) in [6, 6.07) is 10.0. The zero-order valence-corrected chi connectivity index (χ0v) is 44.0. The molecule has 6 rings (SSSR count). The van der Waals surface area contributed by atoms with Gasteiger partial charge in [-0.2, -0.15) is 10.2 Å². The standard InChI is InChI=1S/C46H58N12O7.2C2H6.CH5N/c1-10-57-34(19-27(3)52-57)32(47)25-35-39(48)31-21-29(26-59)22-37(63-9)40(31)55(35)16-12-13-17-56-41-33(50-44(56)51-43(61)36-20-28(4)53-58(36)11-2)23-30(42(49)60)24-38(41)64-18-14-15-54(8)45(62)65-46(5,6)7;3*1-2/h12-13,19-26H,10-11,14-18,47-48H2,1-9H3,(H2,49,60)(H,50,51,61);2*1-2H3;2H2,1H3/b13-12+,32-25-;;;. The molecule has 0 fully saturated rings. The Morgan fingerprint density at radius 3 is 1.99 bits per heavy atom. The molecule has 2 aromatic carbocycles. The second-order valence-electron chi connectivity index (χ2n) is 16.5. The van der Waals surface area contributed by atoms with Crippen LogP contribution in [0.4, 0.5) is 16.4 Å². The van der Waals surface area contributed by atoms with Gasteiger partial charge in [0, 0.05) is 56.3 Å². The number of rotatable bonds is 18. The molecule has 0 bridgehead atoms. The van der Waals surface area contributed by atoms with E-state index in [-0.39, 0.29) is 37.0 Å². The van der Waals surface area contributed by atoms with E-state index in [1.165, 1.54) is 25.1 Å². The molecule has 3 amide bonds. The minimum atomic E-state index is -0.697. The number of anilines is 2. The average molecular weight is 982 g/mol. The van der Waals surface area contributed by atoms with Crippen molar-refractivity contribution in [2.24, 2.45) is 17.2 Å². The predicted octanol–water partition coefficient (Wildman–Crippen LogP) is 7.77. The average Bonchev–Trinajstić information content (AvgIpc) is 4.11. The van der Waals surface area contributed by atoms with E-state index in [4.69, 9.17) is 36.4 Å². The molecule has 71 heavy (non-hydrogen) atoms. The van der Waals surface area contributed by atoms with Crippen molar-refractivity contribution in [2.75, 3.05) is 45.4 Å². The van der Waals surface area contributed by atoms with Crippen molar-refractivity contribution in [2.45, 2.75) is 114 Å². The van der Waals surface area contributed by atoms with Gasteiger partial charge >= 0.3 is 6.09 Å². The van der Waals surface area contributed by atoms with E-state index < -0.39 is 23.5 Å². The maximum Gasteiger partial charge on any atom is 0.410 e. The zero-order valence-electron chi connectivity index (χ0n) is 44.0. The molecule has 0 saturated carbocycles. The van der Waals surface area contributed by atoms with Gasteiger partial charge in [0.1, 0.15) is 34.6 Å². The number of allylic oxidation sites excluding steroid dienone is 2. The van der Waals surface area contributed by atoms with Crippen molar-refractivity contribution in [1.82, 2.24) is 38.6 Å². The topological polar surface area (TPSA) is 274 Å². The lowest BCUT2D eigenvalue weighted by Gasteiger charge is -2.24. The summed E-state index contributed by atoms with van der Waals surface area (Å²) in [7, 11) is 4.67. The third-order valence-electron chi connectivity index (χ3n) is 10.5. The number of methoxy groups -OCH3 is 1. The van der Waals surface area contributed by atoms with Gasteiger partial charge in [0.15, 0.2) is 0 Å². The molecule has 4 heterocycles. The molecule has 0 aliphatic heterocycles.